The molecule has 0 unspecified atom stereocenters. The van der Waals surface area contributed by atoms with Gasteiger partial charge in [0.25, 0.3) is 0 Å². The molecule has 0 aliphatic carbocycles. The SMILES string of the molecule is [c]1ccccc1N1Cc2ccccc2-c2ccccc21. The Morgan fingerprint density at radius 3 is 2.35 bits per heavy atom. The molecule has 0 aromatic heterocycles. The molecule has 0 atom stereocenters. The number of para-hydroxylation sites is 2. The van der Waals surface area contributed by atoms with Crippen molar-refractivity contribution < 1.29 is 0 Å². The van der Waals surface area contributed by atoms with Crippen LogP contribution >= 0.6 is 0 Å². The molecule has 0 amide bonds. The van der Waals surface area contributed by atoms with E-state index in [0.717, 1.165) is 12.2 Å². The van der Waals surface area contributed by atoms with Gasteiger partial charge >= 0.3 is 0 Å². The first-order chi connectivity index (χ1) is 9.93. The molecule has 1 heteroatoms. The molecular formula is C19H14N. The summed E-state index contributed by atoms with van der Waals surface area (Å²) in [5.41, 5.74) is 6.38. The van der Waals surface area contributed by atoms with Crippen LogP contribution in [0, 0.1) is 6.07 Å². The third kappa shape index (κ3) is 1.71. The third-order valence-electron chi connectivity index (χ3n) is 3.81. The van der Waals surface area contributed by atoms with Gasteiger partial charge in [-0.2, -0.15) is 0 Å². The Hall–Kier alpha value is -2.54. The van der Waals surface area contributed by atoms with Crippen molar-refractivity contribution in [2.75, 3.05) is 4.90 Å². The topological polar surface area (TPSA) is 3.24 Å². The summed E-state index contributed by atoms with van der Waals surface area (Å²) in [5, 5.41) is 0. The lowest BCUT2D eigenvalue weighted by atomic mass is 9.93. The van der Waals surface area contributed by atoms with Gasteiger partial charge in [-0.1, -0.05) is 60.7 Å². The predicted octanol–water partition coefficient (Wildman–Crippen LogP) is 4.81. The Kier molecular flexibility index (Phi) is 2.56. The lowest BCUT2D eigenvalue weighted by Gasteiger charge is -2.32. The van der Waals surface area contributed by atoms with Crippen molar-refractivity contribution in [1.29, 1.82) is 0 Å². The zero-order valence-corrected chi connectivity index (χ0v) is 11.1. The smallest absolute Gasteiger partial charge is 0.0494 e. The Bertz CT molecular complexity index is 746. The lowest BCUT2D eigenvalue weighted by molar-refractivity contribution is 0.960. The molecule has 95 valence electrons. The van der Waals surface area contributed by atoms with Crippen LogP contribution in [0.5, 0.6) is 0 Å². The molecule has 3 aromatic rings. The van der Waals surface area contributed by atoms with Crippen molar-refractivity contribution in [3.8, 4) is 11.1 Å². The summed E-state index contributed by atoms with van der Waals surface area (Å²) in [5.74, 6) is 0. The van der Waals surface area contributed by atoms with Crippen LogP contribution in [0.4, 0.5) is 11.4 Å². The summed E-state index contributed by atoms with van der Waals surface area (Å²) in [7, 11) is 0. The van der Waals surface area contributed by atoms with Crippen molar-refractivity contribution in [3.05, 3.63) is 84.4 Å². The van der Waals surface area contributed by atoms with Gasteiger partial charge in [0.15, 0.2) is 0 Å². The van der Waals surface area contributed by atoms with Gasteiger partial charge in [-0.05, 0) is 23.3 Å². The number of hydrogen-bond donors (Lipinski definition) is 0. The minimum absolute atomic E-state index is 0.897. The van der Waals surface area contributed by atoms with E-state index in [1.165, 1.54) is 22.4 Å². The maximum absolute atomic E-state index is 3.34. The molecule has 0 saturated carbocycles. The summed E-state index contributed by atoms with van der Waals surface area (Å²) in [6.45, 7) is 0.897. The highest BCUT2D eigenvalue weighted by Crippen LogP contribution is 2.41. The number of fused-ring (bicyclic) bond motifs is 3. The first-order valence-corrected chi connectivity index (χ1v) is 6.85. The average molecular weight is 256 g/mol. The van der Waals surface area contributed by atoms with Crippen LogP contribution in [0.25, 0.3) is 11.1 Å². The normalized spacial score (nSPS) is 12.7. The maximum atomic E-state index is 3.34. The maximum Gasteiger partial charge on any atom is 0.0494 e. The number of benzene rings is 3. The lowest BCUT2D eigenvalue weighted by Crippen LogP contribution is -2.21. The number of hydrogen-bond acceptors (Lipinski definition) is 1. The summed E-state index contributed by atoms with van der Waals surface area (Å²) in [4.78, 5) is 2.33. The molecule has 0 spiro atoms. The first-order valence-electron chi connectivity index (χ1n) is 6.85. The van der Waals surface area contributed by atoms with E-state index in [0.29, 0.717) is 0 Å². The van der Waals surface area contributed by atoms with Gasteiger partial charge in [-0.25, -0.2) is 0 Å². The van der Waals surface area contributed by atoms with Gasteiger partial charge in [0, 0.05) is 29.5 Å². The van der Waals surface area contributed by atoms with Crippen LogP contribution < -0.4 is 4.90 Å². The molecule has 1 heterocycles. The van der Waals surface area contributed by atoms with E-state index in [9.17, 15) is 0 Å². The second kappa shape index (κ2) is 4.53. The van der Waals surface area contributed by atoms with Gasteiger partial charge < -0.3 is 4.90 Å². The summed E-state index contributed by atoms with van der Waals surface area (Å²) in [6.07, 6.45) is 0. The van der Waals surface area contributed by atoms with Crippen LogP contribution in [-0.4, -0.2) is 0 Å². The second-order valence-electron chi connectivity index (χ2n) is 5.01. The number of anilines is 2. The van der Waals surface area contributed by atoms with Crippen LogP contribution in [-0.2, 0) is 6.54 Å². The highest BCUT2D eigenvalue weighted by molar-refractivity contribution is 5.86. The molecule has 4 rings (SSSR count). The van der Waals surface area contributed by atoms with Crippen LogP contribution in [0.15, 0.2) is 72.8 Å². The molecule has 20 heavy (non-hydrogen) atoms. The van der Waals surface area contributed by atoms with Crippen molar-refractivity contribution >= 4 is 11.4 Å². The number of rotatable bonds is 1. The Morgan fingerprint density at radius 1 is 0.750 bits per heavy atom. The Morgan fingerprint density at radius 2 is 1.50 bits per heavy atom. The molecule has 1 aliphatic rings. The van der Waals surface area contributed by atoms with E-state index in [-0.39, 0.29) is 0 Å². The number of nitrogens with zero attached hydrogens (tertiary/aromatic N) is 1. The van der Waals surface area contributed by atoms with Crippen molar-refractivity contribution in [2.45, 2.75) is 6.54 Å². The van der Waals surface area contributed by atoms with Crippen LogP contribution in [0.2, 0.25) is 0 Å². The Labute approximate surface area is 119 Å². The molecule has 0 N–H and O–H groups in total. The van der Waals surface area contributed by atoms with E-state index in [1.807, 2.05) is 12.1 Å². The van der Waals surface area contributed by atoms with E-state index in [2.05, 4.69) is 71.6 Å². The molecule has 1 nitrogen and oxygen atoms in total. The largest absolute Gasteiger partial charge is 0.336 e. The fourth-order valence-electron chi connectivity index (χ4n) is 2.88. The third-order valence-corrected chi connectivity index (χ3v) is 3.81. The molecule has 3 aromatic carbocycles. The highest BCUT2D eigenvalue weighted by atomic mass is 15.1. The van der Waals surface area contributed by atoms with E-state index in [1.54, 1.807) is 0 Å². The van der Waals surface area contributed by atoms with Gasteiger partial charge in [0.1, 0.15) is 0 Å². The zero-order chi connectivity index (χ0) is 13.4. The quantitative estimate of drug-likeness (QED) is 0.604. The summed E-state index contributed by atoms with van der Waals surface area (Å²) < 4.78 is 0. The van der Waals surface area contributed by atoms with Gasteiger partial charge in [0.05, 0.1) is 0 Å². The fraction of sp³-hybridized carbons (Fsp3) is 0.0526. The zero-order valence-electron chi connectivity index (χ0n) is 11.1. The average Bonchev–Trinajstić information content (AvgIpc) is 2.55. The Balaban J connectivity index is 1.93. The summed E-state index contributed by atoms with van der Waals surface area (Å²) in [6, 6.07) is 28.7. The predicted molar refractivity (Wildman–Crippen MR) is 83.0 cm³/mol. The minimum atomic E-state index is 0.897. The van der Waals surface area contributed by atoms with E-state index < -0.39 is 0 Å². The molecule has 0 fully saturated rings. The molecule has 1 aliphatic heterocycles. The fourth-order valence-corrected chi connectivity index (χ4v) is 2.88. The van der Waals surface area contributed by atoms with Crippen LogP contribution in [0.3, 0.4) is 0 Å². The standard InChI is InChI=1S/C19H14N/c1-2-9-16(10-3-1)20-14-15-8-4-5-11-17(15)18-12-6-7-13-19(18)20/h1-9,11-13H,14H2. The molecule has 0 bridgehead atoms. The van der Waals surface area contributed by atoms with Crippen molar-refractivity contribution in [2.24, 2.45) is 0 Å². The van der Waals surface area contributed by atoms with Crippen LogP contribution in [0.1, 0.15) is 5.56 Å². The monoisotopic (exact) mass is 256 g/mol. The highest BCUT2D eigenvalue weighted by Gasteiger charge is 2.22. The minimum Gasteiger partial charge on any atom is -0.336 e. The summed E-state index contributed by atoms with van der Waals surface area (Å²) >= 11 is 0. The van der Waals surface area contributed by atoms with Gasteiger partial charge in [-0.15, -0.1) is 0 Å². The van der Waals surface area contributed by atoms with E-state index in [4.69, 9.17) is 0 Å². The molecule has 1 radical (unpaired) electrons. The van der Waals surface area contributed by atoms with Gasteiger partial charge in [-0.3, -0.25) is 0 Å². The second-order valence-corrected chi connectivity index (χ2v) is 5.01. The van der Waals surface area contributed by atoms with Crippen molar-refractivity contribution in [1.82, 2.24) is 0 Å². The molecular weight excluding hydrogens is 242 g/mol. The van der Waals surface area contributed by atoms with Gasteiger partial charge in [0.2, 0.25) is 0 Å². The van der Waals surface area contributed by atoms with Crippen molar-refractivity contribution in [3.63, 3.8) is 0 Å². The van der Waals surface area contributed by atoms with E-state index >= 15 is 0 Å². The first kappa shape index (κ1) is 11.3. The molecule has 0 saturated heterocycles.